The molecule has 0 amide bonds. The van der Waals surface area contributed by atoms with Crippen LogP contribution in [0.3, 0.4) is 0 Å². The molecule has 2 aromatic rings. The summed E-state index contributed by atoms with van der Waals surface area (Å²) in [4.78, 5) is 1.06. The number of anilines is 1. The lowest BCUT2D eigenvalue weighted by molar-refractivity contribution is 0.371. The van der Waals surface area contributed by atoms with Crippen LogP contribution in [0.1, 0.15) is 5.56 Å². The maximum absolute atomic E-state index is 9.70. The van der Waals surface area contributed by atoms with Crippen molar-refractivity contribution >= 4 is 28.1 Å². The first-order valence-electron chi connectivity index (χ1n) is 4.76. The van der Waals surface area contributed by atoms with Crippen LogP contribution in [0.2, 0.25) is 0 Å². The van der Waals surface area contributed by atoms with E-state index < -0.39 is 0 Å². The van der Waals surface area contributed by atoms with Crippen molar-refractivity contribution in [3.63, 3.8) is 0 Å². The molecule has 2 rings (SSSR count). The van der Waals surface area contributed by atoms with E-state index in [4.69, 9.17) is 10.5 Å². The lowest BCUT2D eigenvalue weighted by atomic mass is 10.2. The van der Waals surface area contributed by atoms with E-state index >= 15 is 0 Å². The maximum atomic E-state index is 9.70. The second kappa shape index (κ2) is 5.00. The van der Waals surface area contributed by atoms with Gasteiger partial charge < -0.3 is 15.6 Å². The third-order valence-electron chi connectivity index (χ3n) is 2.04. The molecule has 0 radical (unpaired) electrons. The Morgan fingerprint density at radius 1 is 1.56 bits per heavy atom. The van der Waals surface area contributed by atoms with Crippen molar-refractivity contribution in [3.05, 3.63) is 22.2 Å². The number of hydrogen-bond acceptors (Lipinski definition) is 7. The van der Waals surface area contributed by atoms with Gasteiger partial charge in [0, 0.05) is 0 Å². The number of nitrogens with two attached hydrogens (primary N) is 1. The minimum atomic E-state index is -0.00184. The number of halogens is 1. The Bertz CT molecular complexity index is 573. The monoisotopic (exact) mass is 312 g/mol. The fraction of sp³-hybridized carbons (Fsp3) is 0.111. The summed E-state index contributed by atoms with van der Waals surface area (Å²) in [5.74, 6) is 0.426. The van der Waals surface area contributed by atoms with Gasteiger partial charge >= 0.3 is 0 Å². The Balaban J connectivity index is 2.31. The Kier molecular flexibility index (Phi) is 3.42. The van der Waals surface area contributed by atoms with Crippen molar-refractivity contribution in [2.75, 3.05) is 12.8 Å². The van der Waals surface area contributed by atoms with E-state index in [9.17, 15) is 5.11 Å². The highest BCUT2D eigenvalue weighted by Crippen LogP contribution is 2.34. The van der Waals surface area contributed by atoms with Gasteiger partial charge in [0.05, 0.1) is 17.8 Å². The number of aromatic nitrogens is 4. The highest BCUT2D eigenvalue weighted by molar-refractivity contribution is 9.10. The van der Waals surface area contributed by atoms with Gasteiger partial charge in [-0.15, -0.1) is 0 Å². The number of hydrogen-bond donors (Lipinski definition) is 2. The minimum Gasteiger partial charge on any atom is -0.504 e. The van der Waals surface area contributed by atoms with Gasteiger partial charge in [0.15, 0.2) is 11.5 Å². The maximum Gasteiger partial charge on any atom is 0.263 e. The molecule has 94 valence electrons. The predicted molar refractivity (Wildman–Crippen MR) is 67.6 cm³/mol. The summed E-state index contributed by atoms with van der Waals surface area (Å²) in [6.07, 6.45) is 1.46. The molecule has 1 aromatic carbocycles. The molecule has 1 aromatic heterocycles. The zero-order chi connectivity index (χ0) is 13.1. The fourth-order valence-electron chi connectivity index (χ4n) is 1.27. The highest BCUT2D eigenvalue weighted by atomic mass is 79.9. The largest absolute Gasteiger partial charge is 0.504 e. The van der Waals surface area contributed by atoms with Crippen molar-refractivity contribution in [2.45, 2.75) is 0 Å². The average molecular weight is 313 g/mol. The number of nitrogen functional groups attached to an aromatic ring is 1. The number of methoxy groups -OCH3 is 1. The van der Waals surface area contributed by atoms with Crippen molar-refractivity contribution < 1.29 is 9.84 Å². The Morgan fingerprint density at radius 2 is 2.33 bits per heavy atom. The molecule has 0 aliphatic heterocycles. The van der Waals surface area contributed by atoms with Crippen molar-refractivity contribution in [1.29, 1.82) is 0 Å². The minimum absolute atomic E-state index is 0.00184. The van der Waals surface area contributed by atoms with E-state index in [0.29, 0.717) is 15.8 Å². The molecule has 0 aliphatic rings. The summed E-state index contributed by atoms with van der Waals surface area (Å²) in [7, 11) is 1.47. The second-order valence-corrected chi connectivity index (χ2v) is 4.08. The summed E-state index contributed by atoms with van der Waals surface area (Å²) in [6.45, 7) is 0. The summed E-state index contributed by atoms with van der Waals surface area (Å²) < 4.78 is 5.61. The van der Waals surface area contributed by atoms with Crippen LogP contribution in [0.5, 0.6) is 11.5 Å². The molecule has 1 heterocycles. The number of tetrazole rings is 1. The Labute approximate surface area is 110 Å². The SMILES string of the molecule is COc1c(O)cc(C=Nn2nnnc2N)cc1Br. The normalized spacial score (nSPS) is 11.0. The Hall–Kier alpha value is -2.16. The molecular weight excluding hydrogens is 304 g/mol. The second-order valence-electron chi connectivity index (χ2n) is 3.23. The van der Waals surface area contributed by atoms with Gasteiger partial charge in [-0.05, 0) is 44.1 Å². The molecular formula is C9H9BrN6O2. The number of ether oxygens (including phenoxy) is 1. The van der Waals surface area contributed by atoms with Crippen LogP contribution in [0.15, 0.2) is 21.7 Å². The van der Waals surface area contributed by atoms with E-state index in [-0.39, 0.29) is 11.7 Å². The van der Waals surface area contributed by atoms with Crippen molar-refractivity contribution in [3.8, 4) is 11.5 Å². The molecule has 0 atom stereocenters. The molecule has 0 bridgehead atoms. The molecule has 9 heteroatoms. The van der Waals surface area contributed by atoms with Crippen LogP contribution in [-0.4, -0.2) is 38.7 Å². The fourth-order valence-corrected chi connectivity index (χ4v) is 1.90. The number of phenolic OH excluding ortho intramolecular Hbond substituents is 1. The lowest BCUT2D eigenvalue weighted by Gasteiger charge is -2.06. The number of rotatable bonds is 3. The van der Waals surface area contributed by atoms with Crippen LogP contribution in [0.25, 0.3) is 0 Å². The molecule has 3 N–H and O–H groups in total. The van der Waals surface area contributed by atoms with Crippen LogP contribution in [0, 0.1) is 0 Å². The van der Waals surface area contributed by atoms with E-state index in [2.05, 4.69) is 36.6 Å². The van der Waals surface area contributed by atoms with Crippen molar-refractivity contribution in [2.24, 2.45) is 5.10 Å². The summed E-state index contributed by atoms with van der Waals surface area (Å²) in [5, 5.41) is 24.0. The van der Waals surface area contributed by atoms with E-state index in [0.717, 1.165) is 4.79 Å². The number of nitrogens with zero attached hydrogens (tertiary/aromatic N) is 5. The molecule has 0 unspecified atom stereocenters. The third kappa shape index (κ3) is 2.40. The van der Waals surface area contributed by atoms with Gasteiger partial charge in [-0.1, -0.05) is 9.89 Å². The number of benzene rings is 1. The summed E-state index contributed by atoms with van der Waals surface area (Å²) in [6, 6.07) is 3.22. The van der Waals surface area contributed by atoms with Crippen LogP contribution in [-0.2, 0) is 0 Å². The Morgan fingerprint density at radius 3 is 2.89 bits per heavy atom. The summed E-state index contributed by atoms with van der Waals surface area (Å²) in [5.41, 5.74) is 6.08. The lowest BCUT2D eigenvalue weighted by Crippen LogP contribution is -1.99. The van der Waals surface area contributed by atoms with Gasteiger partial charge in [-0.25, -0.2) is 0 Å². The average Bonchev–Trinajstić information content (AvgIpc) is 2.72. The van der Waals surface area contributed by atoms with Crippen LogP contribution < -0.4 is 10.5 Å². The quantitative estimate of drug-likeness (QED) is 0.803. The van der Waals surface area contributed by atoms with E-state index in [1.54, 1.807) is 6.07 Å². The van der Waals surface area contributed by atoms with Gasteiger partial charge in [-0.2, -0.15) is 5.10 Å². The predicted octanol–water partition coefficient (Wildman–Crippen LogP) is 0.614. The third-order valence-corrected chi connectivity index (χ3v) is 2.63. The first-order chi connectivity index (χ1) is 8.61. The van der Waals surface area contributed by atoms with Gasteiger partial charge in [0.25, 0.3) is 5.95 Å². The summed E-state index contributed by atoms with van der Waals surface area (Å²) >= 11 is 3.27. The van der Waals surface area contributed by atoms with E-state index in [1.807, 2.05) is 0 Å². The van der Waals surface area contributed by atoms with E-state index in [1.165, 1.54) is 19.4 Å². The molecule has 0 spiro atoms. The molecule has 0 saturated heterocycles. The molecule has 8 nitrogen and oxygen atoms in total. The number of phenols is 1. The topological polar surface area (TPSA) is 111 Å². The van der Waals surface area contributed by atoms with Gasteiger partial charge in [0.1, 0.15) is 0 Å². The van der Waals surface area contributed by atoms with Crippen LogP contribution in [0.4, 0.5) is 5.95 Å². The standard InChI is InChI=1S/C9H9BrN6O2/c1-18-8-6(10)2-5(3-7(8)17)4-12-16-9(11)13-14-15-16/h2-4,17H,1H3,(H2,11,13,15). The molecule has 18 heavy (non-hydrogen) atoms. The first kappa shape index (κ1) is 12.3. The molecule has 0 aliphatic carbocycles. The first-order valence-corrected chi connectivity index (χ1v) is 5.56. The zero-order valence-electron chi connectivity index (χ0n) is 9.28. The highest BCUT2D eigenvalue weighted by Gasteiger charge is 2.08. The van der Waals surface area contributed by atoms with Crippen molar-refractivity contribution in [1.82, 2.24) is 20.3 Å². The molecule has 0 saturated carbocycles. The van der Waals surface area contributed by atoms with Gasteiger partial charge in [0.2, 0.25) is 0 Å². The molecule has 0 fully saturated rings. The van der Waals surface area contributed by atoms with Crippen LogP contribution >= 0.6 is 15.9 Å². The smallest absolute Gasteiger partial charge is 0.263 e. The number of aromatic hydroxyl groups is 1. The zero-order valence-corrected chi connectivity index (χ0v) is 10.9. The van der Waals surface area contributed by atoms with Gasteiger partial charge in [-0.3, -0.25) is 0 Å².